The molecule has 2 aromatic carbocycles. The maximum atomic E-state index is 11.9. The van der Waals surface area contributed by atoms with E-state index in [9.17, 15) is 4.79 Å². The van der Waals surface area contributed by atoms with Crippen LogP contribution in [0.5, 0.6) is 11.5 Å². The van der Waals surface area contributed by atoms with E-state index >= 15 is 0 Å². The molecule has 0 aliphatic rings. The number of hydrogen-bond donors (Lipinski definition) is 2. The standard InChI is InChI=1S/C18H21ClN2O3/c1-13(24-16-8-6-15(19)7-9-16)21-18(22)20-11-10-14-4-3-5-17(12-14)23-2/h3-9,12-13H,10-11H2,1-2H3,(H2,20,21,22). The first-order valence-corrected chi connectivity index (χ1v) is 8.04. The lowest BCUT2D eigenvalue weighted by molar-refractivity contribution is 0.177. The second-order valence-corrected chi connectivity index (χ2v) is 5.65. The van der Waals surface area contributed by atoms with Crippen molar-refractivity contribution in [2.45, 2.75) is 19.6 Å². The van der Waals surface area contributed by atoms with E-state index in [4.69, 9.17) is 21.1 Å². The molecule has 2 rings (SSSR count). The van der Waals surface area contributed by atoms with Gasteiger partial charge in [-0.2, -0.15) is 0 Å². The maximum absolute atomic E-state index is 11.9. The van der Waals surface area contributed by atoms with E-state index in [0.717, 1.165) is 17.7 Å². The van der Waals surface area contributed by atoms with Gasteiger partial charge in [0, 0.05) is 11.6 Å². The molecule has 0 aliphatic carbocycles. The molecule has 1 atom stereocenters. The first-order chi connectivity index (χ1) is 11.6. The molecule has 0 aliphatic heterocycles. The first-order valence-electron chi connectivity index (χ1n) is 7.66. The number of carbonyl (C=O) groups excluding carboxylic acids is 1. The summed E-state index contributed by atoms with van der Waals surface area (Å²) in [7, 11) is 1.63. The zero-order chi connectivity index (χ0) is 17.4. The summed E-state index contributed by atoms with van der Waals surface area (Å²) in [5, 5.41) is 6.16. The molecular weight excluding hydrogens is 328 g/mol. The molecule has 128 valence electrons. The van der Waals surface area contributed by atoms with Crippen LogP contribution >= 0.6 is 11.6 Å². The Morgan fingerprint density at radius 1 is 1.17 bits per heavy atom. The third-order valence-corrected chi connectivity index (χ3v) is 3.55. The van der Waals surface area contributed by atoms with Gasteiger partial charge in [-0.1, -0.05) is 23.7 Å². The second kappa shape index (κ2) is 9.03. The van der Waals surface area contributed by atoms with Gasteiger partial charge in [0.1, 0.15) is 11.5 Å². The normalized spacial score (nSPS) is 11.5. The molecule has 6 heteroatoms. The fraction of sp³-hybridized carbons (Fsp3) is 0.278. The Balaban J connectivity index is 1.71. The smallest absolute Gasteiger partial charge is 0.317 e. The van der Waals surface area contributed by atoms with Gasteiger partial charge in [0.25, 0.3) is 0 Å². The molecule has 0 heterocycles. The van der Waals surface area contributed by atoms with E-state index in [0.29, 0.717) is 17.3 Å². The summed E-state index contributed by atoms with van der Waals surface area (Å²) in [6.07, 6.45) is 0.264. The van der Waals surface area contributed by atoms with Crippen molar-refractivity contribution in [2.75, 3.05) is 13.7 Å². The van der Waals surface area contributed by atoms with E-state index in [-0.39, 0.29) is 6.03 Å². The summed E-state index contributed by atoms with van der Waals surface area (Å²) in [5.41, 5.74) is 1.10. The van der Waals surface area contributed by atoms with Gasteiger partial charge in [0.2, 0.25) is 0 Å². The largest absolute Gasteiger partial charge is 0.497 e. The first kappa shape index (κ1) is 17.9. The summed E-state index contributed by atoms with van der Waals surface area (Å²) in [6, 6.07) is 14.5. The molecule has 5 nitrogen and oxygen atoms in total. The van der Waals surface area contributed by atoms with Crippen LogP contribution in [0, 0.1) is 0 Å². The Bertz CT molecular complexity index is 662. The molecule has 0 bridgehead atoms. The van der Waals surface area contributed by atoms with E-state index in [1.54, 1.807) is 38.3 Å². The van der Waals surface area contributed by atoms with Crippen molar-refractivity contribution in [3.63, 3.8) is 0 Å². The molecular formula is C18H21ClN2O3. The predicted octanol–water partition coefficient (Wildman–Crippen LogP) is 3.62. The predicted molar refractivity (Wildman–Crippen MR) is 94.8 cm³/mol. The zero-order valence-corrected chi connectivity index (χ0v) is 14.5. The monoisotopic (exact) mass is 348 g/mol. The van der Waals surface area contributed by atoms with Gasteiger partial charge in [0.15, 0.2) is 6.23 Å². The van der Waals surface area contributed by atoms with Crippen molar-refractivity contribution >= 4 is 17.6 Å². The summed E-state index contributed by atoms with van der Waals surface area (Å²) < 4.78 is 10.8. The van der Waals surface area contributed by atoms with Gasteiger partial charge in [0.05, 0.1) is 7.11 Å². The van der Waals surface area contributed by atoms with E-state index in [2.05, 4.69) is 10.6 Å². The highest BCUT2D eigenvalue weighted by Crippen LogP contribution is 2.16. The molecule has 0 aromatic heterocycles. The minimum atomic E-state index is -0.456. The average Bonchev–Trinajstić information content (AvgIpc) is 2.57. The van der Waals surface area contributed by atoms with Gasteiger partial charge in [-0.05, 0) is 55.3 Å². The Labute approximate surface area is 146 Å². The fourth-order valence-corrected chi connectivity index (χ4v) is 2.26. The van der Waals surface area contributed by atoms with Crippen molar-refractivity contribution in [1.82, 2.24) is 10.6 Å². The van der Waals surface area contributed by atoms with Gasteiger partial charge >= 0.3 is 6.03 Å². The highest BCUT2D eigenvalue weighted by atomic mass is 35.5. The van der Waals surface area contributed by atoms with Crippen molar-refractivity contribution in [2.24, 2.45) is 0 Å². The lowest BCUT2D eigenvalue weighted by Crippen LogP contribution is -2.43. The van der Waals surface area contributed by atoms with Crippen molar-refractivity contribution in [3.05, 3.63) is 59.1 Å². The molecule has 1 unspecified atom stereocenters. The quantitative estimate of drug-likeness (QED) is 0.751. The van der Waals surface area contributed by atoms with Crippen LogP contribution in [0.15, 0.2) is 48.5 Å². The van der Waals surface area contributed by atoms with Gasteiger partial charge in [-0.25, -0.2) is 4.79 Å². The number of carbonyl (C=O) groups is 1. The molecule has 0 saturated heterocycles. The van der Waals surface area contributed by atoms with Crippen LogP contribution in [0.2, 0.25) is 5.02 Å². The van der Waals surface area contributed by atoms with Crippen LogP contribution in [0.25, 0.3) is 0 Å². The zero-order valence-electron chi connectivity index (χ0n) is 13.7. The van der Waals surface area contributed by atoms with Crippen LogP contribution in [0.1, 0.15) is 12.5 Å². The molecule has 2 aromatic rings. The lowest BCUT2D eigenvalue weighted by atomic mass is 10.1. The fourth-order valence-electron chi connectivity index (χ4n) is 2.13. The third-order valence-electron chi connectivity index (χ3n) is 3.29. The molecule has 24 heavy (non-hydrogen) atoms. The van der Waals surface area contributed by atoms with Crippen LogP contribution in [0.3, 0.4) is 0 Å². The van der Waals surface area contributed by atoms with E-state index in [1.165, 1.54) is 0 Å². The molecule has 0 spiro atoms. The number of urea groups is 1. The highest BCUT2D eigenvalue weighted by molar-refractivity contribution is 6.30. The number of rotatable bonds is 7. The van der Waals surface area contributed by atoms with Gasteiger partial charge in [-0.3, -0.25) is 0 Å². The van der Waals surface area contributed by atoms with Crippen molar-refractivity contribution in [1.29, 1.82) is 0 Å². The number of nitrogens with one attached hydrogen (secondary N) is 2. The number of methoxy groups -OCH3 is 1. The Morgan fingerprint density at radius 2 is 1.92 bits per heavy atom. The molecule has 0 fully saturated rings. The number of hydrogen-bond acceptors (Lipinski definition) is 3. The van der Waals surface area contributed by atoms with Crippen LogP contribution < -0.4 is 20.1 Å². The summed E-state index contributed by atoms with van der Waals surface area (Å²) in [4.78, 5) is 11.9. The molecule has 0 radical (unpaired) electrons. The van der Waals surface area contributed by atoms with Crippen molar-refractivity contribution in [3.8, 4) is 11.5 Å². The van der Waals surface area contributed by atoms with E-state index < -0.39 is 6.23 Å². The van der Waals surface area contributed by atoms with Crippen LogP contribution in [-0.4, -0.2) is 25.9 Å². The minimum Gasteiger partial charge on any atom is -0.497 e. The second-order valence-electron chi connectivity index (χ2n) is 5.22. The number of amides is 2. The third kappa shape index (κ3) is 6.01. The Kier molecular flexibility index (Phi) is 6.75. The minimum absolute atomic E-state index is 0.278. The Morgan fingerprint density at radius 3 is 2.62 bits per heavy atom. The van der Waals surface area contributed by atoms with Crippen molar-refractivity contribution < 1.29 is 14.3 Å². The van der Waals surface area contributed by atoms with Crippen LogP contribution in [0.4, 0.5) is 4.79 Å². The highest BCUT2D eigenvalue weighted by Gasteiger charge is 2.08. The topological polar surface area (TPSA) is 59.6 Å². The Hall–Kier alpha value is -2.40. The number of benzene rings is 2. The maximum Gasteiger partial charge on any atom is 0.317 e. The summed E-state index contributed by atoms with van der Waals surface area (Å²) in [5.74, 6) is 1.45. The summed E-state index contributed by atoms with van der Waals surface area (Å²) in [6.45, 7) is 2.28. The summed E-state index contributed by atoms with van der Waals surface area (Å²) >= 11 is 5.82. The SMILES string of the molecule is COc1cccc(CCNC(=O)NC(C)Oc2ccc(Cl)cc2)c1. The average molecular weight is 349 g/mol. The van der Waals surface area contributed by atoms with Crippen LogP contribution in [-0.2, 0) is 6.42 Å². The number of halogens is 1. The van der Waals surface area contributed by atoms with E-state index in [1.807, 2.05) is 24.3 Å². The molecule has 0 saturated carbocycles. The van der Waals surface area contributed by atoms with Gasteiger partial charge in [-0.15, -0.1) is 0 Å². The lowest BCUT2D eigenvalue weighted by Gasteiger charge is -2.16. The van der Waals surface area contributed by atoms with Gasteiger partial charge < -0.3 is 20.1 Å². The molecule has 2 amide bonds. The number of ether oxygens (including phenoxy) is 2. The molecule has 2 N–H and O–H groups in total.